The average Bonchev–Trinajstić information content (AvgIpc) is 2.39. The normalized spacial score (nSPS) is 13.2. The maximum absolute atomic E-state index is 3.65. The van der Waals surface area contributed by atoms with E-state index in [-0.39, 0.29) is 0 Å². The van der Waals surface area contributed by atoms with Crippen LogP contribution in [0.1, 0.15) is 72.6 Å². The van der Waals surface area contributed by atoms with Crippen molar-refractivity contribution in [2.45, 2.75) is 78.7 Å². The highest BCUT2D eigenvalue weighted by atomic mass is 15.1. The highest BCUT2D eigenvalue weighted by Gasteiger charge is 2.02. The number of unbranched alkanes of at least 4 members (excludes halogenated alkanes) is 4. The molecule has 18 heavy (non-hydrogen) atoms. The molecule has 0 saturated heterocycles. The first-order chi connectivity index (χ1) is 8.74. The fourth-order valence-electron chi connectivity index (χ4n) is 2.35. The van der Waals surface area contributed by atoms with Gasteiger partial charge < -0.3 is 10.2 Å². The minimum Gasteiger partial charge on any atom is -0.314 e. The summed E-state index contributed by atoms with van der Waals surface area (Å²) in [5, 5.41) is 3.65. The number of nitrogens with one attached hydrogen (secondary N) is 1. The quantitative estimate of drug-likeness (QED) is 0.500. The molecule has 0 radical (unpaired) electrons. The molecule has 0 rings (SSSR count). The van der Waals surface area contributed by atoms with Gasteiger partial charge in [-0.25, -0.2) is 0 Å². The third kappa shape index (κ3) is 11.0. The summed E-state index contributed by atoms with van der Waals surface area (Å²) in [5.74, 6) is 0. The summed E-state index contributed by atoms with van der Waals surface area (Å²) in [6.07, 6.45) is 9.61. The minimum absolute atomic E-state index is 0.698. The van der Waals surface area contributed by atoms with Crippen molar-refractivity contribution in [1.29, 1.82) is 0 Å². The third-order valence-corrected chi connectivity index (χ3v) is 3.78. The predicted octanol–water partition coefficient (Wildman–Crippen LogP) is 4.06. The molecule has 0 aliphatic carbocycles. The molecule has 2 heteroatoms. The van der Waals surface area contributed by atoms with Crippen molar-refractivity contribution in [3.05, 3.63) is 0 Å². The smallest absolute Gasteiger partial charge is 0.00387 e. The van der Waals surface area contributed by atoms with E-state index >= 15 is 0 Å². The van der Waals surface area contributed by atoms with Crippen molar-refractivity contribution in [2.75, 3.05) is 26.2 Å². The number of rotatable bonds is 13. The van der Waals surface area contributed by atoms with Gasteiger partial charge in [0.05, 0.1) is 0 Å². The van der Waals surface area contributed by atoms with Gasteiger partial charge >= 0.3 is 0 Å². The van der Waals surface area contributed by atoms with Gasteiger partial charge in [-0.15, -0.1) is 0 Å². The van der Waals surface area contributed by atoms with Crippen LogP contribution in [-0.2, 0) is 0 Å². The lowest BCUT2D eigenvalue weighted by Gasteiger charge is -2.19. The Kier molecular flexibility index (Phi) is 13.3. The van der Waals surface area contributed by atoms with Crippen molar-refractivity contribution in [1.82, 2.24) is 10.2 Å². The maximum Gasteiger partial charge on any atom is 0.00387 e. The summed E-state index contributed by atoms with van der Waals surface area (Å²) < 4.78 is 0. The summed E-state index contributed by atoms with van der Waals surface area (Å²) in [4.78, 5) is 2.50. The molecule has 110 valence electrons. The van der Waals surface area contributed by atoms with Crippen molar-refractivity contribution in [3.8, 4) is 0 Å². The zero-order chi connectivity index (χ0) is 13.6. The molecule has 0 saturated carbocycles. The number of hydrogen-bond donors (Lipinski definition) is 1. The van der Waals surface area contributed by atoms with Gasteiger partial charge in [-0.3, -0.25) is 0 Å². The molecule has 0 aliphatic heterocycles. The molecule has 0 spiro atoms. The van der Waals surface area contributed by atoms with E-state index in [0.29, 0.717) is 6.04 Å². The van der Waals surface area contributed by atoms with Crippen molar-refractivity contribution in [3.63, 3.8) is 0 Å². The largest absolute Gasteiger partial charge is 0.314 e. The molecule has 1 N–H and O–H groups in total. The van der Waals surface area contributed by atoms with Gasteiger partial charge in [0.15, 0.2) is 0 Å². The second-order valence-electron chi connectivity index (χ2n) is 5.44. The van der Waals surface area contributed by atoms with E-state index in [1.54, 1.807) is 0 Å². The van der Waals surface area contributed by atoms with Crippen molar-refractivity contribution >= 4 is 0 Å². The number of nitrogens with zero attached hydrogens (tertiary/aromatic N) is 1. The van der Waals surface area contributed by atoms with Crippen LogP contribution in [0.15, 0.2) is 0 Å². The lowest BCUT2D eigenvalue weighted by Crippen LogP contribution is -2.31. The van der Waals surface area contributed by atoms with Crippen LogP contribution in [0, 0.1) is 0 Å². The molecular weight excluding hydrogens is 220 g/mol. The van der Waals surface area contributed by atoms with Gasteiger partial charge in [0.2, 0.25) is 0 Å². The maximum atomic E-state index is 3.65. The van der Waals surface area contributed by atoms with Crippen LogP contribution in [-0.4, -0.2) is 37.1 Å². The Morgan fingerprint density at radius 3 is 2.17 bits per heavy atom. The monoisotopic (exact) mass is 256 g/mol. The SMILES string of the molecule is CCCCCCCC(C)NCCCN(CC)CC. The Bertz CT molecular complexity index is 155. The molecule has 1 atom stereocenters. The fraction of sp³-hybridized carbons (Fsp3) is 1.00. The fourth-order valence-corrected chi connectivity index (χ4v) is 2.35. The molecule has 0 aromatic heterocycles. The average molecular weight is 256 g/mol. The van der Waals surface area contributed by atoms with Gasteiger partial charge in [-0.2, -0.15) is 0 Å². The highest BCUT2D eigenvalue weighted by molar-refractivity contribution is 4.62. The molecule has 0 amide bonds. The van der Waals surface area contributed by atoms with E-state index in [0.717, 1.165) is 0 Å². The van der Waals surface area contributed by atoms with Gasteiger partial charge in [-0.1, -0.05) is 52.9 Å². The van der Waals surface area contributed by atoms with Gasteiger partial charge in [0.25, 0.3) is 0 Å². The van der Waals surface area contributed by atoms with E-state index in [9.17, 15) is 0 Å². The lowest BCUT2D eigenvalue weighted by molar-refractivity contribution is 0.295. The molecule has 0 aromatic rings. The van der Waals surface area contributed by atoms with E-state index in [1.165, 1.54) is 71.1 Å². The summed E-state index contributed by atoms with van der Waals surface area (Å²) in [6, 6.07) is 0.698. The van der Waals surface area contributed by atoms with Crippen LogP contribution in [0.5, 0.6) is 0 Å². The third-order valence-electron chi connectivity index (χ3n) is 3.78. The first-order valence-electron chi connectivity index (χ1n) is 8.20. The van der Waals surface area contributed by atoms with E-state index in [1.807, 2.05) is 0 Å². The van der Waals surface area contributed by atoms with Gasteiger partial charge in [-0.05, 0) is 45.9 Å². The van der Waals surface area contributed by atoms with E-state index in [4.69, 9.17) is 0 Å². The Labute approximate surface area is 116 Å². The Balaban J connectivity index is 3.28. The van der Waals surface area contributed by atoms with E-state index in [2.05, 4.69) is 37.9 Å². The Hall–Kier alpha value is -0.0800. The zero-order valence-corrected chi connectivity index (χ0v) is 13.3. The molecule has 0 aromatic carbocycles. The summed E-state index contributed by atoms with van der Waals surface area (Å²) in [7, 11) is 0. The standard InChI is InChI=1S/C16H36N2/c1-5-8-9-10-11-13-16(4)17-14-12-15-18(6-2)7-3/h16-17H,5-15H2,1-4H3. The first kappa shape index (κ1) is 17.9. The minimum atomic E-state index is 0.698. The first-order valence-corrected chi connectivity index (χ1v) is 8.20. The van der Waals surface area contributed by atoms with Crippen LogP contribution >= 0.6 is 0 Å². The van der Waals surface area contributed by atoms with Crippen LogP contribution in [0.2, 0.25) is 0 Å². The summed E-state index contributed by atoms with van der Waals surface area (Å²) in [6.45, 7) is 13.9. The number of hydrogen-bond acceptors (Lipinski definition) is 2. The van der Waals surface area contributed by atoms with Gasteiger partial charge in [0, 0.05) is 6.04 Å². The van der Waals surface area contributed by atoms with Gasteiger partial charge in [0.1, 0.15) is 0 Å². The zero-order valence-electron chi connectivity index (χ0n) is 13.3. The molecule has 0 heterocycles. The summed E-state index contributed by atoms with van der Waals surface area (Å²) >= 11 is 0. The predicted molar refractivity (Wildman–Crippen MR) is 83.2 cm³/mol. The summed E-state index contributed by atoms with van der Waals surface area (Å²) in [5.41, 5.74) is 0. The second-order valence-corrected chi connectivity index (χ2v) is 5.44. The van der Waals surface area contributed by atoms with E-state index < -0.39 is 0 Å². The Morgan fingerprint density at radius 2 is 1.56 bits per heavy atom. The molecular formula is C16H36N2. The van der Waals surface area contributed by atoms with Crippen LogP contribution in [0.3, 0.4) is 0 Å². The van der Waals surface area contributed by atoms with Crippen LogP contribution in [0.4, 0.5) is 0 Å². The molecule has 0 fully saturated rings. The molecule has 1 unspecified atom stereocenters. The van der Waals surface area contributed by atoms with Crippen molar-refractivity contribution < 1.29 is 0 Å². The topological polar surface area (TPSA) is 15.3 Å². The van der Waals surface area contributed by atoms with Crippen LogP contribution in [0.25, 0.3) is 0 Å². The van der Waals surface area contributed by atoms with Crippen LogP contribution < -0.4 is 5.32 Å². The highest BCUT2D eigenvalue weighted by Crippen LogP contribution is 2.07. The molecule has 0 aliphatic rings. The second kappa shape index (κ2) is 13.4. The molecule has 0 bridgehead atoms. The lowest BCUT2D eigenvalue weighted by atomic mass is 10.1. The van der Waals surface area contributed by atoms with Crippen molar-refractivity contribution in [2.24, 2.45) is 0 Å². The molecule has 2 nitrogen and oxygen atoms in total. The Morgan fingerprint density at radius 1 is 0.889 bits per heavy atom.